The van der Waals surface area contributed by atoms with Crippen molar-refractivity contribution in [3.8, 4) is 5.75 Å². The van der Waals surface area contributed by atoms with E-state index >= 15 is 0 Å². The van der Waals surface area contributed by atoms with E-state index in [0.717, 1.165) is 47.2 Å². The Morgan fingerprint density at radius 2 is 1.81 bits per heavy atom. The van der Waals surface area contributed by atoms with Crippen molar-refractivity contribution in [2.24, 2.45) is 0 Å². The van der Waals surface area contributed by atoms with Crippen molar-refractivity contribution in [3.63, 3.8) is 0 Å². The van der Waals surface area contributed by atoms with Crippen molar-refractivity contribution in [2.45, 2.75) is 32.1 Å². The molecule has 0 saturated heterocycles. The first kappa shape index (κ1) is 20.7. The number of hydrogen-bond acceptors (Lipinski definition) is 3. The summed E-state index contributed by atoms with van der Waals surface area (Å²) < 4.78 is 6.72. The highest BCUT2D eigenvalue weighted by Gasteiger charge is 2.23. The molecule has 0 N–H and O–H groups in total. The van der Waals surface area contributed by atoms with Crippen LogP contribution in [0, 0.1) is 0 Å². The summed E-state index contributed by atoms with van der Waals surface area (Å²) in [6.45, 7) is 3.65. The summed E-state index contributed by atoms with van der Waals surface area (Å²) in [7, 11) is 4.03. The van der Waals surface area contributed by atoms with Crippen LogP contribution in [0.3, 0.4) is 0 Å². The van der Waals surface area contributed by atoms with E-state index in [-0.39, 0.29) is 11.7 Å². The van der Waals surface area contributed by atoms with Crippen molar-refractivity contribution >= 4 is 21.7 Å². The van der Waals surface area contributed by atoms with Crippen LogP contribution in [0.2, 0.25) is 0 Å². The van der Waals surface area contributed by atoms with Crippen LogP contribution in [0.15, 0.2) is 53.0 Å². The molecule has 26 heavy (non-hydrogen) atoms. The molecule has 3 nitrogen and oxygen atoms in total. The molecule has 0 aliphatic rings. The maximum absolute atomic E-state index is 13.1. The summed E-state index contributed by atoms with van der Waals surface area (Å²) in [6, 6.07) is 15.6. The van der Waals surface area contributed by atoms with Gasteiger partial charge in [0.1, 0.15) is 12.4 Å². The van der Waals surface area contributed by atoms with E-state index in [1.165, 1.54) is 0 Å². The highest BCUT2D eigenvalue weighted by Crippen LogP contribution is 2.32. The van der Waals surface area contributed by atoms with Gasteiger partial charge in [0.05, 0.1) is 0 Å². The van der Waals surface area contributed by atoms with Crippen molar-refractivity contribution in [1.29, 1.82) is 0 Å². The number of ether oxygens (including phenoxy) is 1. The van der Waals surface area contributed by atoms with E-state index in [4.69, 9.17) is 4.74 Å². The van der Waals surface area contributed by atoms with Crippen LogP contribution in [0.1, 0.15) is 48.0 Å². The highest BCUT2D eigenvalue weighted by molar-refractivity contribution is 9.10. The van der Waals surface area contributed by atoms with Gasteiger partial charge in [0.15, 0.2) is 5.78 Å². The molecule has 0 fully saturated rings. The van der Waals surface area contributed by atoms with Gasteiger partial charge in [-0.05, 0) is 56.4 Å². The van der Waals surface area contributed by atoms with Crippen molar-refractivity contribution in [1.82, 2.24) is 4.90 Å². The average molecular weight is 418 g/mol. The van der Waals surface area contributed by atoms with Crippen LogP contribution in [0.5, 0.6) is 5.75 Å². The molecule has 0 spiro atoms. The molecule has 0 bridgehead atoms. The first-order valence-corrected chi connectivity index (χ1v) is 9.98. The standard InChI is InChI=1S/C22H28BrNO2/c1-4-5-8-20(19-9-6-7-10-21(19)23)22(25)17-11-13-18(14-12-17)26-16-15-24(2)3/h6-7,9-14,20H,4-5,8,15-16H2,1-3H3. The van der Waals surface area contributed by atoms with Crippen LogP contribution in [-0.2, 0) is 0 Å². The zero-order chi connectivity index (χ0) is 18.9. The molecule has 0 aliphatic carbocycles. The van der Waals surface area contributed by atoms with Crippen LogP contribution in [0.4, 0.5) is 0 Å². The predicted molar refractivity (Wildman–Crippen MR) is 111 cm³/mol. The zero-order valence-electron chi connectivity index (χ0n) is 15.9. The summed E-state index contributed by atoms with van der Waals surface area (Å²) in [5, 5.41) is 0. The highest BCUT2D eigenvalue weighted by atomic mass is 79.9. The van der Waals surface area contributed by atoms with Crippen LogP contribution in [0.25, 0.3) is 0 Å². The second kappa shape index (κ2) is 10.5. The number of carbonyl (C=O) groups is 1. The SMILES string of the molecule is CCCCC(C(=O)c1ccc(OCCN(C)C)cc1)c1ccccc1Br. The lowest BCUT2D eigenvalue weighted by Gasteiger charge is -2.18. The maximum atomic E-state index is 13.1. The minimum atomic E-state index is -0.119. The van der Waals surface area contributed by atoms with Gasteiger partial charge in [-0.15, -0.1) is 0 Å². The van der Waals surface area contributed by atoms with Crippen molar-refractivity contribution in [3.05, 3.63) is 64.1 Å². The summed E-state index contributed by atoms with van der Waals surface area (Å²) in [5.74, 6) is 0.852. The number of likely N-dealkylation sites (N-methyl/N-ethyl adjacent to an activating group) is 1. The molecule has 0 amide bonds. The summed E-state index contributed by atoms with van der Waals surface area (Å²) in [4.78, 5) is 15.2. The van der Waals surface area contributed by atoms with Crippen LogP contribution >= 0.6 is 15.9 Å². The van der Waals surface area contributed by atoms with Gasteiger partial charge in [-0.2, -0.15) is 0 Å². The average Bonchev–Trinajstić information content (AvgIpc) is 2.63. The fourth-order valence-corrected chi connectivity index (χ4v) is 3.42. The van der Waals surface area contributed by atoms with Gasteiger partial charge < -0.3 is 9.64 Å². The van der Waals surface area contributed by atoms with E-state index in [1.54, 1.807) is 0 Å². The lowest BCUT2D eigenvalue weighted by molar-refractivity contribution is 0.0953. The van der Waals surface area contributed by atoms with Crippen LogP contribution in [-0.4, -0.2) is 37.9 Å². The summed E-state index contributed by atoms with van der Waals surface area (Å²) in [6.07, 6.45) is 2.97. The number of carbonyl (C=O) groups excluding carboxylic acids is 1. The summed E-state index contributed by atoms with van der Waals surface area (Å²) >= 11 is 3.61. The Kier molecular flexibility index (Phi) is 8.33. The van der Waals surface area contributed by atoms with Gasteiger partial charge in [0.25, 0.3) is 0 Å². The summed E-state index contributed by atoms with van der Waals surface area (Å²) in [5.41, 5.74) is 1.80. The third-order valence-corrected chi connectivity index (χ3v) is 5.11. The Morgan fingerprint density at radius 1 is 1.12 bits per heavy atom. The smallest absolute Gasteiger partial charge is 0.170 e. The Labute approximate surface area is 165 Å². The molecule has 0 radical (unpaired) electrons. The van der Waals surface area contributed by atoms with Gasteiger partial charge >= 0.3 is 0 Å². The minimum Gasteiger partial charge on any atom is -0.492 e. The third kappa shape index (κ3) is 5.96. The molecule has 4 heteroatoms. The van der Waals surface area contributed by atoms with E-state index in [0.29, 0.717) is 6.61 Å². The van der Waals surface area contributed by atoms with Crippen LogP contribution < -0.4 is 4.74 Å². The molecule has 2 aromatic rings. The maximum Gasteiger partial charge on any atom is 0.170 e. The lowest BCUT2D eigenvalue weighted by Crippen LogP contribution is -2.19. The number of ketones is 1. The van der Waals surface area contributed by atoms with Gasteiger partial charge in [-0.25, -0.2) is 0 Å². The number of Topliss-reactive ketones (excluding diaryl/α,β-unsaturated/α-hetero) is 1. The first-order valence-electron chi connectivity index (χ1n) is 9.19. The fourth-order valence-electron chi connectivity index (χ4n) is 2.86. The van der Waals surface area contributed by atoms with E-state index in [2.05, 4.69) is 27.8 Å². The Bertz CT molecular complexity index is 698. The molecule has 2 rings (SSSR count). The lowest BCUT2D eigenvalue weighted by atomic mass is 9.86. The number of rotatable bonds is 10. The Hall–Kier alpha value is -1.65. The topological polar surface area (TPSA) is 29.5 Å². The number of halogens is 1. The van der Waals surface area contributed by atoms with E-state index in [9.17, 15) is 4.79 Å². The Balaban J connectivity index is 2.13. The third-order valence-electron chi connectivity index (χ3n) is 4.39. The second-order valence-corrected chi connectivity index (χ2v) is 7.61. The first-order chi connectivity index (χ1) is 12.5. The predicted octanol–water partition coefficient (Wildman–Crippen LogP) is 5.55. The fraction of sp³-hybridized carbons (Fsp3) is 0.409. The molecule has 140 valence electrons. The normalized spacial score (nSPS) is 12.2. The molecule has 0 aromatic heterocycles. The minimum absolute atomic E-state index is 0.119. The number of unbranched alkanes of at least 4 members (excludes halogenated alkanes) is 1. The van der Waals surface area contributed by atoms with E-state index < -0.39 is 0 Å². The largest absolute Gasteiger partial charge is 0.492 e. The molecule has 0 saturated carbocycles. The van der Waals surface area contributed by atoms with Gasteiger partial charge in [-0.1, -0.05) is 53.9 Å². The van der Waals surface area contributed by atoms with Gasteiger partial charge in [0.2, 0.25) is 0 Å². The van der Waals surface area contributed by atoms with Gasteiger partial charge in [-0.3, -0.25) is 4.79 Å². The number of nitrogens with zero attached hydrogens (tertiary/aromatic N) is 1. The Morgan fingerprint density at radius 3 is 2.42 bits per heavy atom. The molecule has 1 atom stereocenters. The van der Waals surface area contributed by atoms with Crippen molar-refractivity contribution < 1.29 is 9.53 Å². The molecule has 1 unspecified atom stereocenters. The zero-order valence-corrected chi connectivity index (χ0v) is 17.5. The van der Waals surface area contributed by atoms with Crippen molar-refractivity contribution in [2.75, 3.05) is 27.2 Å². The number of benzene rings is 2. The molecule has 0 heterocycles. The van der Waals surface area contributed by atoms with E-state index in [1.807, 2.05) is 62.6 Å². The molecule has 0 aliphatic heterocycles. The monoisotopic (exact) mass is 417 g/mol. The quantitative estimate of drug-likeness (QED) is 0.474. The molecular formula is C22H28BrNO2. The number of hydrogen-bond donors (Lipinski definition) is 0. The second-order valence-electron chi connectivity index (χ2n) is 6.76. The molecule has 2 aromatic carbocycles. The molecular weight excluding hydrogens is 390 g/mol. The van der Waals surface area contributed by atoms with Gasteiger partial charge in [0, 0.05) is 22.5 Å².